The van der Waals surface area contributed by atoms with Gasteiger partial charge in [0.05, 0.1) is 4.92 Å². The Morgan fingerprint density at radius 2 is 1.83 bits per heavy atom. The van der Waals surface area contributed by atoms with Crippen molar-refractivity contribution < 1.29 is 19.2 Å². The van der Waals surface area contributed by atoms with Gasteiger partial charge in [0, 0.05) is 33.6 Å². The Balaban J connectivity index is 1.76. The molecule has 0 fully saturated rings. The summed E-state index contributed by atoms with van der Waals surface area (Å²) < 4.78 is 6.90. The number of amides is 1. The van der Waals surface area contributed by atoms with Crippen molar-refractivity contribution in [3.8, 4) is 5.75 Å². The average Bonchev–Trinajstić information content (AvgIpc) is 3.01. The number of nitro groups is 1. The third kappa shape index (κ3) is 4.49. The number of nitrogens with zero attached hydrogens (tertiary/aromatic N) is 2. The zero-order chi connectivity index (χ0) is 21.8. The van der Waals surface area contributed by atoms with Gasteiger partial charge in [-0.05, 0) is 44.2 Å². The molecule has 1 aromatic heterocycles. The number of carbonyl (C=O) groups is 2. The first-order valence-corrected chi connectivity index (χ1v) is 9.31. The number of carbonyl (C=O) groups excluding carboxylic acids is 2. The van der Waals surface area contributed by atoms with Crippen LogP contribution >= 0.6 is 11.6 Å². The Bertz CT molecular complexity index is 1130. The van der Waals surface area contributed by atoms with Crippen molar-refractivity contribution >= 4 is 29.0 Å². The molecule has 30 heavy (non-hydrogen) atoms. The van der Waals surface area contributed by atoms with Gasteiger partial charge in [-0.1, -0.05) is 29.8 Å². The van der Waals surface area contributed by atoms with Gasteiger partial charge in [0.25, 0.3) is 5.91 Å². The molecular formula is C21H18ClN3O5. The van der Waals surface area contributed by atoms with Crippen LogP contribution in [0.1, 0.15) is 32.1 Å². The number of ketones is 1. The summed E-state index contributed by atoms with van der Waals surface area (Å²) in [6, 6.07) is 14.3. The number of nitro benzene ring substituents is 1. The van der Waals surface area contributed by atoms with E-state index in [0.717, 1.165) is 6.07 Å². The predicted molar refractivity (Wildman–Crippen MR) is 112 cm³/mol. The molecule has 9 heteroatoms. The minimum absolute atomic E-state index is 0.0519. The second-order valence-corrected chi connectivity index (χ2v) is 6.94. The van der Waals surface area contributed by atoms with Crippen LogP contribution in [-0.4, -0.2) is 27.9 Å². The number of ether oxygens (including phenoxy) is 1. The Kier molecular flexibility index (Phi) is 6.17. The molecule has 0 spiro atoms. The quantitative estimate of drug-likeness (QED) is 0.343. The maximum atomic E-state index is 12.7. The summed E-state index contributed by atoms with van der Waals surface area (Å²) in [5.41, 5.74) is 4.43. The van der Waals surface area contributed by atoms with Gasteiger partial charge in [-0.2, -0.15) is 0 Å². The summed E-state index contributed by atoms with van der Waals surface area (Å²) in [4.78, 5) is 35.6. The third-order valence-electron chi connectivity index (χ3n) is 4.46. The fraction of sp³-hybridized carbons (Fsp3) is 0.143. The second kappa shape index (κ2) is 8.79. The average molecular weight is 428 g/mol. The van der Waals surface area contributed by atoms with Gasteiger partial charge in [0.15, 0.2) is 12.4 Å². The summed E-state index contributed by atoms with van der Waals surface area (Å²) in [5, 5.41) is 11.3. The predicted octanol–water partition coefficient (Wildman–Crippen LogP) is 4.31. The van der Waals surface area contributed by atoms with Crippen LogP contribution in [0.5, 0.6) is 5.75 Å². The lowest BCUT2D eigenvalue weighted by Crippen LogP contribution is -2.25. The van der Waals surface area contributed by atoms with Crippen LogP contribution in [-0.2, 0) is 0 Å². The summed E-state index contributed by atoms with van der Waals surface area (Å²) in [6.45, 7) is 3.04. The highest BCUT2D eigenvalue weighted by Crippen LogP contribution is 2.30. The fourth-order valence-corrected chi connectivity index (χ4v) is 3.12. The normalized spacial score (nSPS) is 10.5. The molecular weight excluding hydrogens is 410 g/mol. The van der Waals surface area contributed by atoms with E-state index in [4.69, 9.17) is 16.3 Å². The van der Waals surface area contributed by atoms with E-state index in [1.54, 1.807) is 44.2 Å². The SMILES string of the molecule is Cc1cc(C(=O)COc2ccc(Cl)cc2[N+](=O)[O-])c(C)n1NC(=O)c1ccccc1. The van der Waals surface area contributed by atoms with E-state index in [0.29, 0.717) is 22.5 Å². The molecule has 3 rings (SSSR count). The topological polar surface area (TPSA) is 103 Å². The highest BCUT2D eigenvalue weighted by atomic mass is 35.5. The van der Waals surface area contributed by atoms with E-state index in [9.17, 15) is 19.7 Å². The molecule has 8 nitrogen and oxygen atoms in total. The minimum atomic E-state index is -0.628. The smallest absolute Gasteiger partial charge is 0.312 e. The van der Waals surface area contributed by atoms with Crippen molar-refractivity contribution in [3.05, 3.63) is 92.2 Å². The van der Waals surface area contributed by atoms with Crippen molar-refractivity contribution in [3.63, 3.8) is 0 Å². The molecule has 0 unspecified atom stereocenters. The molecule has 1 amide bonds. The number of Topliss-reactive ketones (excluding diaryl/α,β-unsaturated/α-hetero) is 1. The maximum absolute atomic E-state index is 12.7. The second-order valence-electron chi connectivity index (χ2n) is 6.51. The lowest BCUT2D eigenvalue weighted by Gasteiger charge is -2.12. The zero-order valence-electron chi connectivity index (χ0n) is 16.2. The molecule has 1 N–H and O–H groups in total. The summed E-state index contributed by atoms with van der Waals surface area (Å²) >= 11 is 5.78. The van der Waals surface area contributed by atoms with Gasteiger partial charge in [-0.3, -0.25) is 29.8 Å². The Hall–Kier alpha value is -3.65. The van der Waals surface area contributed by atoms with Crippen LogP contribution < -0.4 is 10.2 Å². The van der Waals surface area contributed by atoms with Crippen LogP contribution in [0.2, 0.25) is 5.02 Å². The Labute approximate surface area is 177 Å². The fourth-order valence-electron chi connectivity index (χ4n) is 2.95. The summed E-state index contributed by atoms with van der Waals surface area (Å²) in [6.07, 6.45) is 0. The molecule has 0 bridgehead atoms. The van der Waals surface area contributed by atoms with E-state index in [2.05, 4.69) is 5.43 Å². The first-order valence-electron chi connectivity index (χ1n) is 8.93. The first-order chi connectivity index (χ1) is 14.3. The number of rotatable bonds is 7. The Morgan fingerprint density at radius 3 is 2.50 bits per heavy atom. The number of hydrogen-bond donors (Lipinski definition) is 1. The van der Waals surface area contributed by atoms with Crippen molar-refractivity contribution in [2.24, 2.45) is 0 Å². The standard InChI is InChI=1S/C21H18ClN3O5/c1-13-10-17(14(2)24(13)23-21(27)15-6-4-3-5-7-15)19(26)12-30-20-9-8-16(22)11-18(20)25(28)29/h3-11H,12H2,1-2H3,(H,23,27). The number of aromatic nitrogens is 1. The molecule has 0 saturated heterocycles. The van der Waals surface area contributed by atoms with Crippen molar-refractivity contribution in [2.45, 2.75) is 13.8 Å². The van der Waals surface area contributed by atoms with Crippen molar-refractivity contribution in [2.75, 3.05) is 12.0 Å². The van der Waals surface area contributed by atoms with Gasteiger partial charge in [0.1, 0.15) is 0 Å². The van der Waals surface area contributed by atoms with Gasteiger partial charge >= 0.3 is 5.69 Å². The van der Waals surface area contributed by atoms with Gasteiger partial charge in [0.2, 0.25) is 5.78 Å². The molecule has 0 aliphatic rings. The van der Waals surface area contributed by atoms with Crippen LogP contribution in [0.3, 0.4) is 0 Å². The van der Waals surface area contributed by atoms with Crippen LogP contribution in [0.15, 0.2) is 54.6 Å². The lowest BCUT2D eigenvalue weighted by atomic mass is 10.1. The largest absolute Gasteiger partial charge is 0.478 e. The monoisotopic (exact) mass is 427 g/mol. The molecule has 2 aromatic carbocycles. The number of aryl methyl sites for hydroxylation is 1. The summed E-state index contributed by atoms with van der Waals surface area (Å²) in [5.74, 6) is -0.749. The van der Waals surface area contributed by atoms with Crippen LogP contribution in [0.4, 0.5) is 5.69 Å². The number of hydrogen-bond acceptors (Lipinski definition) is 5. The number of benzene rings is 2. The number of halogens is 1. The molecule has 1 heterocycles. The highest BCUT2D eigenvalue weighted by Gasteiger charge is 2.21. The van der Waals surface area contributed by atoms with Gasteiger partial charge in [-0.15, -0.1) is 0 Å². The van der Waals surface area contributed by atoms with E-state index >= 15 is 0 Å². The van der Waals surface area contributed by atoms with Gasteiger partial charge in [-0.25, -0.2) is 0 Å². The minimum Gasteiger partial charge on any atom is -0.478 e. The molecule has 0 saturated carbocycles. The third-order valence-corrected chi connectivity index (χ3v) is 4.69. The zero-order valence-corrected chi connectivity index (χ0v) is 17.0. The van der Waals surface area contributed by atoms with E-state index in [1.165, 1.54) is 16.8 Å². The van der Waals surface area contributed by atoms with Crippen molar-refractivity contribution in [1.82, 2.24) is 4.68 Å². The molecule has 0 aliphatic heterocycles. The number of nitrogens with one attached hydrogen (secondary N) is 1. The lowest BCUT2D eigenvalue weighted by molar-refractivity contribution is -0.385. The van der Waals surface area contributed by atoms with Gasteiger partial charge < -0.3 is 4.74 Å². The molecule has 0 radical (unpaired) electrons. The van der Waals surface area contributed by atoms with E-state index < -0.39 is 11.5 Å². The molecule has 154 valence electrons. The summed E-state index contributed by atoms with van der Waals surface area (Å²) in [7, 11) is 0. The van der Waals surface area contributed by atoms with E-state index in [1.807, 2.05) is 6.07 Å². The molecule has 0 atom stereocenters. The molecule has 3 aromatic rings. The molecule has 0 aliphatic carbocycles. The first kappa shape index (κ1) is 21.1. The Morgan fingerprint density at radius 1 is 1.13 bits per heavy atom. The van der Waals surface area contributed by atoms with Crippen LogP contribution in [0.25, 0.3) is 0 Å². The highest BCUT2D eigenvalue weighted by molar-refractivity contribution is 6.30. The maximum Gasteiger partial charge on any atom is 0.312 e. The van der Waals surface area contributed by atoms with E-state index in [-0.39, 0.29) is 28.1 Å². The van der Waals surface area contributed by atoms with Crippen LogP contribution in [0, 0.1) is 24.0 Å². The van der Waals surface area contributed by atoms with Crippen molar-refractivity contribution in [1.29, 1.82) is 0 Å².